The molecule has 0 radical (unpaired) electrons. The van der Waals surface area contributed by atoms with E-state index in [1.807, 2.05) is 72.8 Å². The van der Waals surface area contributed by atoms with Crippen molar-refractivity contribution in [1.29, 1.82) is 0 Å². The highest BCUT2D eigenvalue weighted by atomic mass is 28.4. The monoisotopic (exact) mass is 634 g/mol. The van der Waals surface area contributed by atoms with Crippen LogP contribution < -0.4 is 10.4 Å². The van der Waals surface area contributed by atoms with Crippen molar-refractivity contribution in [2.75, 3.05) is 13.2 Å². The standard InChI is InChI=1S/C38H38O7Si/c1-5-26-40-38(29-20-12-7-13-21-29)44-34-33(43-35(39)28-18-10-6-11-19-28)32(42-36(34)45-38)27-41-46(37(2,3)4,30-22-14-8-15-23-30)31-24-16-9-17-25-31/h1,6-25,32-34,36H,26-27H2,2-4H3/t32-,33-,34+,36+,38?/m1/s1. The van der Waals surface area contributed by atoms with Crippen LogP contribution in [-0.4, -0.2) is 52.1 Å². The Morgan fingerprint density at radius 3 is 1.91 bits per heavy atom. The van der Waals surface area contributed by atoms with Gasteiger partial charge in [0.25, 0.3) is 8.32 Å². The number of hydrogen-bond acceptors (Lipinski definition) is 7. The van der Waals surface area contributed by atoms with Gasteiger partial charge in [0.05, 0.1) is 12.2 Å². The second-order valence-corrected chi connectivity index (χ2v) is 16.7. The molecule has 0 amide bonds. The lowest BCUT2D eigenvalue weighted by atomic mass is 10.1. The molecule has 2 heterocycles. The first kappa shape index (κ1) is 31.9. The van der Waals surface area contributed by atoms with Crippen LogP contribution >= 0.6 is 0 Å². The molecule has 6 rings (SSSR count). The summed E-state index contributed by atoms with van der Waals surface area (Å²) in [6.07, 6.45) is 2.23. The number of fused-ring (bicyclic) bond motifs is 1. The van der Waals surface area contributed by atoms with Crippen LogP contribution in [-0.2, 0) is 34.1 Å². The number of hydrogen-bond donors (Lipinski definition) is 0. The van der Waals surface area contributed by atoms with Crippen LogP contribution in [0.1, 0.15) is 36.7 Å². The Balaban J connectivity index is 1.35. The minimum atomic E-state index is -2.93. The molecule has 0 N–H and O–H groups in total. The van der Waals surface area contributed by atoms with Gasteiger partial charge < -0.3 is 23.4 Å². The smallest absolute Gasteiger partial charge is 0.338 e. The van der Waals surface area contributed by atoms with Gasteiger partial charge in [-0.25, -0.2) is 4.79 Å². The van der Waals surface area contributed by atoms with Gasteiger partial charge in [-0.15, -0.1) is 6.42 Å². The quantitative estimate of drug-likeness (QED) is 0.132. The molecule has 46 heavy (non-hydrogen) atoms. The van der Waals surface area contributed by atoms with E-state index in [1.165, 1.54) is 0 Å². The van der Waals surface area contributed by atoms with Crippen molar-refractivity contribution < 1.29 is 32.9 Å². The maximum absolute atomic E-state index is 13.5. The number of rotatable bonds is 10. The van der Waals surface area contributed by atoms with Crippen molar-refractivity contribution >= 4 is 24.7 Å². The lowest BCUT2D eigenvalue weighted by Gasteiger charge is -2.43. The molecule has 0 aromatic heterocycles. The highest BCUT2D eigenvalue weighted by Gasteiger charge is 2.62. The fraction of sp³-hybridized carbons (Fsp3) is 0.289. The maximum atomic E-state index is 13.5. The Hall–Kier alpha value is -4.07. The largest absolute Gasteiger partial charge is 0.453 e. The first-order chi connectivity index (χ1) is 22.3. The van der Waals surface area contributed by atoms with E-state index in [-0.39, 0.29) is 18.3 Å². The van der Waals surface area contributed by atoms with Gasteiger partial charge in [-0.2, -0.15) is 0 Å². The summed E-state index contributed by atoms with van der Waals surface area (Å²) in [5.74, 6) is 0.348. The zero-order valence-corrected chi connectivity index (χ0v) is 27.2. The lowest BCUT2D eigenvalue weighted by molar-refractivity contribution is -0.372. The summed E-state index contributed by atoms with van der Waals surface area (Å²) in [6, 6.07) is 38.8. The zero-order valence-electron chi connectivity index (χ0n) is 26.2. The van der Waals surface area contributed by atoms with Crippen LogP contribution in [0.3, 0.4) is 0 Å². The topological polar surface area (TPSA) is 72.5 Å². The third-order valence-electron chi connectivity index (χ3n) is 8.44. The van der Waals surface area contributed by atoms with Gasteiger partial charge in [0.1, 0.15) is 12.7 Å². The summed E-state index contributed by atoms with van der Waals surface area (Å²) < 4.78 is 38.8. The van der Waals surface area contributed by atoms with E-state index >= 15 is 0 Å². The molecule has 0 bridgehead atoms. The molecular formula is C38H38O7Si. The molecule has 2 aliphatic heterocycles. The first-order valence-corrected chi connectivity index (χ1v) is 17.3. The predicted octanol–water partition coefficient (Wildman–Crippen LogP) is 5.39. The minimum Gasteiger partial charge on any atom is -0.453 e. The molecule has 0 saturated carbocycles. The van der Waals surface area contributed by atoms with E-state index in [9.17, 15) is 4.79 Å². The molecular weight excluding hydrogens is 596 g/mol. The summed E-state index contributed by atoms with van der Waals surface area (Å²) in [5.41, 5.74) is 1.02. The van der Waals surface area contributed by atoms with Crippen molar-refractivity contribution in [2.24, 2.45) is 0 Å². The molecule has 1 unspecified atom stereocenters. The second-order valence-electron chi connectivity index (χ2n) is 12.4. The van der Waals surface area contributed by atoms with Crippen LogP contribution in [0, 0.1) is 12.3 Å². The predicted molar refractivity (Wildman–Crippen MR) is 177 cm³/mol. The van der Waals surface area contributed by atoms with Crippen molar-refractivity contribution in [3.8, 4) is 12.3 Å². The summed E-state index contributed by atoms with van der Waals surface area (Å²) >= 11 is 0. The van der Waals surface area contributed by atoms with Gasteiger partial charge in [0.2, 0.25) is 0 Å². The summed E-state index contributed by atoms with van der Waals surface area (Å²) in [4.78, 5) is 13.5. The average Bonchev–Trinajstić information content (AvgIpc) is 3.60. The second kappa shape index (κ2) is 13.3. The lowest BCUT2D eigenvalue weighted by Crippen LogP contribution is -2.67. The number of benzene rings is 4. The third kappa shape index (κ3) is 6.06. The SMILES string of the molecule is C#CCOC1(c2ccccc2)O[C@@H]2O[C@H](CO[Si](c3ccccc3)(c3ccccc3)C(C)(C)C)[C@@H](OC(=O)c3ccccc3)[C@@H]2O1. The number of ether oxygens (including phenoxy) is 5. The van der Waals surface area contributed by atoms with Crippen LogP contribution in [0.5, 0.6) is 0 Å². The number of carbonyl (C=O) groups is 1. The maximum Gasteiger partial charge on any atom is 0.338 e. The fourth-order valence-electron chi connectivity index (χ4n) is 6.35. The Bertz CT molecular complexity index is 1600. The molecule has 0 spiro atoms. The molecule has 236 valence electrons. The van der Waals surface area contributed by atoms with E-state index in [0.717, 1.165) is 10.4 Å². The average molecular weight is 635 g/mol. The first-order valence-electron chi connectivity index (χ1n) is 15.4. The van der Waals surface area contributed by atoms with Crippen molar-refractivity contribution in [2.45, 2.75) is 56.4 Å². The summed E-state index contributed by atoms with van der Waals surface area (Å²) in [6.45, 7) is 6.69. The van der Waals surface area contributed by atoms with Crippen LogP contribution in [0.4, 0.5) is 0 Å². The zero-order chi connectivity index (χ0) is 32.2. The van der Waals surface area contributed by atoms with Gasteiger partial charge in [0, 0.05) is 5.56 Å². The molecule has 5 atom stereocenters. The number of carbonyl (C=O) groups excluding carboxylic acids is 1. The molecule has 7 nitrogen and oxygen atoms in total. The summed E-state index contributed by atoms with van der Waals surface area (Å²) in [7, 11) is -2.93. The van der Waals surface area contributed by atoms with E-state index in [1.54, 1.807) is 24.3 Å². The molecule has 4 aromatic carbocycles. The van der Waals surface area contributed by atoms with Gasteiger partial charge in [-0.05, 0) is 27.5 Å². The van der Waals surface area contributed by atoms with Crippen LogP contribution in [0.2, 0.25) is 5.04 Å². The summed E-state index contributed by atoms with van der Waals surface area (Å²) in [5, 5.41) is 1.99. The molecule has 2 fully saturated rings. The van der Waals surface area contributed by atoms with Crippen molar-refractivity contribution in [3.05, 3.63) is 132 Å². The molecule has 4 aromatic rings. The van der Waals surface area contributed by atoms with Crippen LogP contribution in [0.15, 0.2) is 121 Å². The molecule has 2 saturated heterocycles. The van der Waals surface area contributed by atoms with Gasteiger partial charge in [0.15, 0.2) is 18.5 Å². The van der Waals surface area contributed by atoms with E-state index in [4.69, 9.17) is 34.5 Å². The number of esters is 1. The van der Waals surface area contributed by atoms with Gasteiger partial charge in [-0.1, -0.05) is 136 Å². The third-order valence-corrected chi connectivity index (χ3v) is 13.4. The van der Waals surface area contributed by atoms with E-state index < -0.39 is 44.9 Å². The van der Waals surface area contributed by atoms with Crippen LogP contribution in [0.25, 0.3) is 0 Å². The van der Waals surface area contributed by atoms with E-state index in [2.05, 4.69) is 51.0 Å². The minimum absolute atomic E-state index is 0.0663. The van der Waals surface area contributed by atoms with Crippen molar-refractivity contribution in [3.63, 3.8) is 0 Å². The molecule has 0 aliphatic carbocycles. The normalized spacial score (nSPS) is 24.2. The Labute approximate surface area is 271 Å². The van der Waals surface area contributed by atoms with E-state index in [0.29, 0.717) is 11.1 Å². The fourth-order valence-corrected chi connectivity index (χ4v) is 10.9. The Morgan fingerprint density at radius 1 is 0.826 bits per heavy atom. The Kier molecular flexibility index (Phi) is 9.25. The van der Waals surface area contributed by atoms with Crippen molar-refractivity contribution in [1.82, 2.24) is 0 Å². The highest BCUT2D eigenvalue weighted by Crippen LogP contribution is 2.46. The van der Waals surface area contributed by atoms with Gasteiger partial charge >= 0.3 is 11.9 Å². The number of terminal acetylenes is 1. The Morgan fingerprint density at radius 2 is 1.37 bits per heavy atom. The molecule has 8 heteroatoms. The molecule has 2 aliphatic rings. The van der Waals surface area contributed by atoms with Gasteiger partial charge in [-0.3, -0.25) is 4.74 Å². The highest BCUT2D eigenvalue weighted by molar-refractivity contribution is 6.99.